The first-order chi connectivity index (χ1) is 12.7. The van der Waals surface area contributed by atoms with Gasteiger partial charge in [-0.3, -0.25) is 9.59 Å². The van der Waals surface area contributed by atoms with Gasteiger partial charge >= 0.3 is 0 Å². The van der Waals surface area contributed by atoms with Gasteiger partial charge in [0.2, 0.25) is 0 Å². The minimum Gasteiger partial charge on any atom is -0.268 e. The van der Waals surface area contributed by atoms with E-state index >= 15 is 0 Å². The van der Waals surface area contributed by atoms with E-state index < -0.39 is 0 Å². The van der Waals surface area contributed by atoms with Crippen LogP contribution in [0, 0.1) is 0 Å². The summed E-state index contributed by atoms with van der Waals surface area (Å²) in [5.41, 5.74) is 1.06. The first-order valence-corrected chi connectivity index (χ1v) is 8.76. The first-order valence-electron chi connectivity index (χ1n) is 8.36. The number of fused-ring (bicyclic) bond motifs is 2. The van der Waals surface area contributed by atoms with E-state index in [0.29, 0.717) is 11.1 Å². The van der Waals surface area contributed by atoms with Crippen molar-refractivity contribution < 1.29 is 9.59 Å². The molecule has 26 heavy (non-hydrogen) atoms. The van der Waals surface area contributed by atoms with Gasteiger partial charge in [0.25, 0.3) is 11.8 Å². The van der Waals surface area contributed by atoms with Gasteiger partial charge in [0, 0.05) is 16.5 Å². The van der Waals surface area contributed by atoms with Crippen molar-refractivity contribution in [3.63, 3.8) is 0 Å². The van der Waals surface area contributed by atoms with Gasteiger partial charge in [0.1, 0.15) is 0 Å². The Labute approximate surface area is 153 Å². The minimum atomic E-state index is -0.369. The minimum absolute atomic E-state index is 0.369. The lowest BCUT2D eigenvalue weighted by Gasteiger charge is -2.24. The Morgan fingerprint density at radius 2 is 1.08 bits per heavy atom. The second-order valence-electron chi connectivity index (χ2n) is 6.70. The molecule has 3 nitrogen and oxygen atoms in total. The number of carbonyl (C=O) groups excluding carboxylic acids is 2. The third-order valence-electron chi connectivity index (χ3n) is 5.49. The Balaban J connectivity index is 2.00. The van der Waals surface area contributed by atoms with E-state index in [-0.39, 0.29) is 11.8 Å². The molecule has 0 unspecified atom stereocenters. The Morgan fingerprint density at radius 3 is 1.62 bits per heavy atom. The molecule has 0 atom stereocenters. The Morgan fingerprint density at radius 1 is 0.577 bits per heavy atom. The zero-order valence-corrected chi connectivity index (χ0v) is 14.4. The molecule has 122 valence electrons. The fraction of sp³-hybridized carbons (Fsp3) is 0. The highest BCUT2D eigenvalue weighted by Crippen LogP contribution is 2.43. The summed E-state index contributed by atoms with van der Waals surface area (Å²) in [5.74, 6) is -0.738. The molecule has 5 aromatic rings. The molecule has 0 aromatic heterocycles. The maximum Gasteiger partial charge on any atom is 0.271 e. The molecule has 1 aliphatic rings. The van der Waals surface area contributed by atoms with Crippen molar-refractivity contribution in [2.45, 2.75) is 0 Å². The highest BCUT2D eigenvalue weighted by Gasteiger charge is 2.32. The van der Waals surface area contributed by atoms with Crippen molar-refractivity contribution in [1.29, 1.82) is 0 Å². The van der Waals surface area contributed by atoms with Gasteiger partial charge in [-0.1, -0.05) is 61.3 Å². The highest BCUT2D eigenvalue weighted by molar-refractivity contribution is 7.79. The lowest BCUT2D eigenvalue weighted by Crippen LogP contribution is -2.33. The molecule has 5 aromatic carbocycles. The molecular formula is C22H11NO2S. The topological polar surface area (TPSA) is 37.4 Å². The predicted octanol–water partition coefficient (Wildman–Crippen LogP) is 5.18. The average molecular weight is 353 g/mol. The van der Waals surface area contributed by atoms with Crippen LogP contribution >= 0.6 is 12.8 Å². The quantitative estimate of drug-likeness (QED) is 0.180. The molecule has 0 radical (unpaired) electrons. The number of nitrogens with zero attached hydrogens (tertiary/aromatic N) is 1. The van der Waals surface area contributed by atoms with Crippen LogP contribution in [0.4, 0.5) is 0 Å². The van der Waals surface area contributed by atoms with Gasteiger partial charge in [-0.15, -0.1) is 0 Å². The molecule has 0 spiro atoms. The van der Waals surface area contributed by atoms with Crippen LogP contribution in [0.25, 0.3) is 43.1 Å². The molecule has 1 aliphatic heterocycles. The Kier molecular flexibility index (Phi) is 2.46. The maximum atomic E-state index is 12.6. The van der Waals surface area contributed by atoms with Crippen molar-refractivity contribution in [3.8, 4) is 0 Å². The van der Waals surface area contributed by atoms with E-state index in [9.17, 15) is 9.59 Å². The third kappa shape index (κ3) is 1.47. The third-order valence-corrected chi connectivity index (χ3v) is 5.85. The van der Waals surface area contributed by atoms with Gasteiger partial charge in [-0.25, -0.2) is 4.31 Å². The fourth-order valence-corrected chi connectivity index (χ4v) is 4.63. The van der Waals surface area contributed by atoms with Crippen LogP contribution in [-0.4, -0.2) is 16.1 Å². The van der Waals surface area contributed by atoms with Crippen molar-refractivity contribution in [2.75, 3.05) is 0 Å². The number of thiol groups is 1. The van der Waals surface area contributed by atoms with E-state index in [1.165, 1.54) is 10.8 Å². The number of amides is 2. The Bertz CT molecular complexity index is 1340. The fourth-order valence-electron chi connectivity index (χ4n) is 4.41. The summed E-state index contributed by atoms with van der Waals surface area (Å²) in [6, 6.07) is 20.2. The van der Waals surface area contributed by atoms with Crippen LogP contribution in [0.5, 0.6) is 0 Å². The average Bonchev–Trinajstić information content (AvgIpc) is 2.68. The molecule has 0 saturated heterocycles. The summed E-state index contributed by atoms with van der Waals surface area (Å²) in [5, 5.41) is 8.55. The maximum absolute atomic E-state index is 12.6. The second-order valence-corrected chi connectivity index (χ2v) is 7.10. The number of hydrogen-bond acceptors (Lipinski definition) is 3. The largest absolute Gasteiger partial charge is 0.271 e. The van der Waals surface area contributed by atoms with Crippen LogP contribution in [-0.2, 0) is 0 Å². The zero-order chi connectivity index (χ0) is 17.6. The van der Waals surface area contributed by atoms with Crippen LogP contribution in [0.3, 0.4) is 0 Å². The number of hydrogen-bond donors (Lipinski definition) is 1. The van der Waals surface area contributed by atoms with E-state index in [1.807, 2.05) is 36.4 Å². The van der Waals surface area contributed by atoms with Crippen molar-refractivity contribution in [1.82, 2.24) is 4.31 Å². The molecule has 2 amide bonds. The molecule has 0 fully saturated rings. The molecule has 0 N–H and O–H groups in total. The summed E-state index contributed by atoms with van der Waals surface area (Å²) >= 11 is 4.09. The summed E-state index contributed by atoms with van der Waals surface area (Å²) < 4.78 is 0.900. The monoisotopic (exact) mass is 353 g/mol. The summed E-state index contributed by atoms with van der Waals surface area (Å²) in [4.78, 5) is 25.2. The van der Waals surface area contributed by atoms with Gasteiger partial charge < -0.3 is 0 Å². The SMILES string of the molecule is O=C1c2ccc3c4cccc5cccc(c6ccc(c2c36)C(=O)N1S)c54. The predicted molar refractivity (Wildman–Crippen MR) is 107 cm³/mol. The van der Waals surface area contributed by atoms with Gasteiger partial charge in [-0.2, -0.15) is 0 Å². The summed E-state index contributed by atoms with van der Waals surface area (Å²) in [7, 11) is 0. The number of benzene rings is 5. The zero-order valence-electron chi connectivity index (χ0n) is 13.5. The smallest absolute Gasteiger partial charge is 0.268 e. The lowest BCUT2D eigenvalue weighted by molar-refractivity contribution is 0.0740. The number of carbonyl (C=O) groups is 2. The second kappa shape index (κ2) is 4.54. The highest BCUT2D eigenvalue weighted by atomic mass is 32.1. The van der Waals surface area contributed by atoms with Gasteiger partial charge in [0.05, 0.1) is 0 Å². The molecule has 0 bridgehead atoms. The standard InChI is InChI=1S/C22H11NO2S/c24-21-16-9-7-14-12-5-1-3-11-4-2-6-13(18(11)12)15-8-10-17(20(16)19(14)15)22(25)23(21)26/h1-10,26H. The van der Waals surface area contributed by atoms with Crippen LogP contribution in [0.1, 0.15) is 20.7 Å². The summed E-state index contributed by atoms with van der Waals surface area (Å²) in [6.07, 6.45) is 0. The van der Waals surface area contributed by atoms with E-state index in [2.05, 4.69) is 37.1 Å². The van der Waals surface area contributed by atoms with E-state index in [1.54, 1.807) is 0 Å². The lowest BCUT2D eigenvalue weighted by atomic mass is 9.85. The van der Waals surface area contributed by atoms with E-state index in [4.69, 9.17) is 0 Å². The molecule has 0 aliphatic carbocycles. The van der Waals surface area contributed by atoms with Gasteiger partial charge in [0.15, 0.2) is 0 Å². The molecular weight excluding hydrogens is 342 g/mol. The number of rotatable bonds is 0. The van der Waals surface area contributed by atoms with Crippen molar-refractivity contribution >= 4 is 67.7 Å². The van der Waals surface area contributed by atoms with Crippen molar-refractivity contribution in [3.05, 3.63) is 71.8 Å². The molecule has 1 heterocycles. The van der Waals surface area contributed by atoms with Crippen LogP contribution in [0.2, 0.25) is 0 Å². The molecule has 6 rings (SSSR count). The number of imide groups is 1. The molecule has 0 saturated carbocycles. The van der Waals surface area contributed by atoms with Gasteiger partial charge in [-0.05, 0) is 49.8 Å². The first kappa shape index (κ1) is 14.1. The van der Waals surface area contributed by atoms with E-state index in [0.717, 1.165) is 36.6 Å². The summed E-state index contributed by atoms with van der Waals surface area (Å²) in [6.45, 7) is 0. The molecule has 4 heteroatoms. The van der Waals surface area contributed by atoms with Crippen molar-refractivity contribution in [2.24, 2.45) is 0 Å². The normalized spacial score (nSPS) is 14.4. The van der Waals surface area contributed by atoms with Crippen LogP contribution < -0.4 is 0 Å². The Hall–Kier alpha value is -3.11. The van der Waals surface area contributed by atoms with Crippen LogP contribution in [0.15, 0.2) is 60.7 Å².